The van der Waals surface area contributed by atoms with Gasteiger partial charge in [0.25, 0.3) is 0 Å². The molecule has 0 radical (unpaired) electrons. The van der Waals surface area contributed by atoms with Gasteiger partial charge in [-0.1, -0.05) is 109 Å². The van der Waals surface area contributed by atoms with Gasteiger partial charge in [-0.25, -0.2) is 0 Å². The summed E-state index contributed by atoms with van der Waals surface area (Å²) in [4.78, 5) is 0. The van der Waals surface area contributed by atoms with Gasteiger partial charge in [0, 0.05) is 0 Å². The highest BCUT2D eigenvalue weighted by Crippen LogP contribution is 2.43. The number of hydrogen-bond donors (Lipinski definition) is 0. The molecule has 0 saturated heterocycles. The Bertz CT molecular complexity index is 1210. The maximum Gasteiger partial charge on any atom is -0.00263 e. The molecule has 0 fully saturated rings. The van der Waals surface area contributed by atoms with E-state index in [1.807, 2.05) is 0 Å². The van der Waals surface area contributed by atoms with Crippen LogP contribution in [0.3, 0.4) is 0 Å². The molecule has 0 bridgehead atoms. The molecule has 0 aliphatic heterocycles. The van der Waals surface area contributed by atoms with Crippen LogP contribution in [0.4, 0.5) is 0 Å². The maximum absolute atomic E-state index is 2.29. The van der Waals surface area contributed by atoms with Crippen LogP contribution in [0.2, 0.25) is 0 Å². The maximum atomic E-state index is 2.29. The molecule has 0 saturated carbocycles. The van der Waals surface area contributed by atoms with Gasteiger partial charge in [0.2, 0.25) is 0 Å². The van der Waals surface area contributed by atoms with E-state index in [2.05, 4.69) is 110 Å². The van der Waals surface area contributed by atoms with E-state index in [1.54, 1.807) is 0 Å². The molecule has 0 unspecified atom stereocenters. The number of fused-ring (bicyclic) bond motifs is 2. The monoisotopic (exact) mass is 344 g/mol. The Balaban J connectivity index is 2.01. The second kappa shape index (κ2) is 6.41. The third kappa shape index (κ3) is 2.62. The summed E-state index contributed by atoms with van der Waals surface area (Å²) in [5.74, 6) is 0. The van der Waals surface area contributed by atoms with Crippen LogP contribution in [0.1, 0.15) is 5.56 Å². The van der Waals surface area contributed by atoms with Gasteiger partial charge in [-0.3, -0.25) is 0 Å². The van der Waals surface area contributed by atoms with Gasteiger partial charge >= 0.3 is 0 Å². The fourth-order valence-electron chi connectivity index (χ4n) is 4.16. The van der Waals surface area contributed by atoms with Crippen molar-refractivity contribution in [2.45, 2.75) is 6.92 Å². The number of benzene rings is 5. The highest BCUT2D eigenvalue weighted by atomic mass is 14.2. The molecule has 0 aliphatic carbocycles. The molecule has 0 aromatic heterocycles. The molecule has 0 atom stereocenters. The third-order valence-corrected chi connectivity index (χ3v) is 5.30. The molecule has 5 aromatic rings. The first kappa shape index (κ1) is 15.8. The standard InChI is InChI=1S/C27H20/c1-19-10-9-13-21(18-19)27-24-16-7-5-14-22(24)26(20-11-3-2-4-12-20)23-15-6-8-17-25(23)27/h2-18H,1H3. The molecular formula is C27H20. The fraction of sp³-hybridized carbons (Fsp3) is 0.0370. The van der Waals surface area contributed by atoms with Gasteiger partial charge < -0.3 is 0 Å². The van der Waals surface area contributed by atoms with E-state index >= 15 is 0 Å². The highest BCUT2D eigenvalue weighted by molar-refractivity contribution is 6.21. The summed E-state index contributed by atoms with van der Waals surface area (Å²) in [6.45, 7) is 2.16. The van der Waals surface area contributed by atoms with Crippen molar-refractivity contribution in [3.05, 3.63) is 109 Å². The largest absolute Gasteiger partial charge is 0.0622 e. The minimum absolute atomic E-state index is 1.26. The van der Waals surface area contributed by atoms with Crippen LogP contribution in [0.15, 0.2) is 103 Å². The van der Waals surface area contributed by atoms with E-state index in [4.69, 9.17) is 0 Å². The SMILES string of the molecule is Cc1cccc(-c2c3ccccc3c(-c3ccccc3)c3ccccc23)c1. The lowest BCUT2D eigenvalue weighted by atomic mass is 9.86. The molecule has 128 valence electrons. The smallest absolute Gasteiger partial charge is 0.00263 e. The predicted molar refractivity (Wildman–Crippen MR) is 117 cm³/mol. The van der Waals surface area contributed by atoms with E-state index in [0.29, 0.717) is 0 Å². The quantitative estimate of drug-likeness (QED) is 0.289. The summed E-state index contributed by atoms with van der Waals surface area (Å²) in [5.41, 5.74) is 6.47. The zero-order chi connectivity index (χ0) is 18.2. The van der Waals surface area contributed by atoms with Crippen molar-refractivity contribution < 1.29 is 0 Å². The van der Waals surface area contributed by atoms with E-state index in [9.17, 15) is 0 Å². The molecule has 0 N–H and O–H groups in total. The first-order chi connectivity index (χ1) is 13.3. The molecule has 5 aromatic carbocycles. The van der Waals surface area contributed by atoms with Crippen LogP contribution in [-0.2, 0) is 0 Å². The molecule has 0 nitrogen and oxygen atoms in total. The fourth-order valence-corrected chi connectivity index (χ4v) is 4.16. The Morgan fingerprint density at radius 2 is 0.852 bits per heavy atom. The van der Waals surface area contributed by atoms with Gasteiger partial charge in [-0.2, -0.15) is 0 Å². The van der Waals surface area contributed by atoms with Gasteiger partial charge in [-0.15, -0.1) is 0 Å². The zero-order valence-corrected chi connectivity index (χ0v) is 15.3. The summed E-state index contributed by atoms with van der Waals surface area (Å²) in [6.07, 6.45) is 0. The Kier molecular flexibility index (Phi) is 3.76. The van der Waals surface area contributed by atoms with Crippen LogP contribution in [0.25, 0.3) is 43.8 Å². The Morgan fingerprint density at radius 1 is 0.407 bits per heavy atom. The molecule has 27 heavy (non-hydrogen) atoms. The summed E-state index contributed by atoms with van der Waals surface area (Å²) in [6, 6.07) is 37.1. The predicted octanol–water partition coefficient (Wildman–Crippen LogP) is 7.64. The van der Waals surface area contributed by atoms with Crippen molar-refractivity contribution >= 4 is 21.5 Å². The lowest BCUT2D eigenvalue weighted by molar-refractivity contribution is 1.47. The van der Waals surface area contributed by atoms with Crippen molar-refractivity contribution in [1.29, 1.82) is 0 Å². The Hall–Kier alpha value is -3.38. The lowest BCUT2D eigenvalue weighted by Crippen LogP contribution is -1.90. The van der Waals surface area contributed by atoms with E-state index in [1.165, 1.54) is 49.4 Å². The molecule has 0 spiro atoms. The van der Waals surface area contributed by atoms with E-state index in [-0.39, 0.29) is 0 Å². The van der Waals surface area contributed by atoms with Crippen LogP contribution >= 0.6 is 0 Å². The van der Waals surface area contributed by atoms with Crippen LogP contribution in [0.5, 0.6) is 0 Å². The van der Waals surface area contributed by atoms with Crippen molar-refractivity contribution in [3.8, 4) is 22.3 Å². The summed E-state index contributed by atoms with van der Waals surface area (Å²) >= 11 is 0. The van der Waals surface area contributed by atoms with E-state index in [0.717, 1.165) is 0 Å². The summed E-state index contributed by atoms with van der Waals surface area (Å²) in [5, 5.41) is 5.22. The summed E-state index contributed by atoms with van der Waals surface area (Å²) < 4.78 is 0. The van der Waals surface area contributed by atoms with Crippen molar-refractivity contribution in [1.82, 2.24) is 0 Å². The molecule has 0 amide bonds. The average Bonchev–Trinajstić information content (AvgIpc) is 2.72. The number of rotatable bonds is 2. The van der Waals surface area contributed by atoms with Crippen LogP contribution < -0.4 is 0 Å². The second-order valence-corrected chi connectivity index (χ2v) is 7.08. The number of aryl methyl sites for hydroxylation is 1. The van der Waals surface area contributed by atoms with E-state index < -0.39 is 0 Å². The number of hydrogen-bond acceptors (Lipinski definition) is 0. The third-order valence-electron chi connectivity index (χ3n) is 5.30. The molecule has 0 heteroatoms. The molecule has 0 aliphatic rings. The van der Waals surface area contributed by atoms with Crippen molar-refractivity contribution in [3.63, 3.8) is 0 Å². The Labute approximate surface area is 159 Å². The summed E-state index contributed by atoms with van der Waals surface area (Å²) in [7, 11) is 0. The molecular weight excluding hydrogens is 324 g/mol. The average molecular weight is 344 g/mol. The van der Waals surface area contributed by atoms with Gasteiger partial charge in [0.1, 0.15) is 0 Å². The van der Waals surface area contributed by atoms with Crippen molar-refractivity contribution in [2.24, 2.45) is 0 Å². The van der Waals surface area contributed by atoms with Crippen molar-refractivity contribution in [2.75, 3.05) is 0 Å². The first-order valence-electron chi connectivity index (χ1n) is 9.39. The molecule has 5 rings (SSSR count). The zero-order valence-electron chi connectivity index (χ0n) is 15.3. The first-order valence-corrected chi connectivity index (χ1v) is 9.39. The lowest BCUT2D eigenvalue weighted by Gasteiger charge is -2.17. The van der Waals surface area contributed by atoms with Gasteiger partial charge in [0.05, 0.1) is 0 Å². The molecule has 0 heterocycles. The topological polar surface area (TPSA) is 0 Å². The normalized spacial score (nSPS) is 11.1. The minimum Gasteiger partial charge on any atom is -0.0622 e. The van der Waals surface area contributed by atoms with Gasteiger partial charge in [0.15, 0.2) is 0 Å². The second-order valence-electron chi connectivity index (χ2n) is 7.08. The minimum atomic E-state index is 1.26. The van der Waals surface area contributed by atoms with Crippen LogP contribution in [0, 0.1) is 6.92 Å². The van der Waals surface area contributed by atoms with Crippen LogP contribution in [-0.4, -0.2) is 0 Å². The Morgan fingerprint density at radius 3 is 1.37 bits per heavy atom. The van der Waals surface area contributed by atoms with Gasteiger partial charge in [-0.05, 0) is 50.7 Å². The highest BCUT2D eigenvalue weighted by Gasteiger charge is 2.15.